The number of esters is 1. The first-order chi connectivity index (χ1) is 10.8. The summed E-state index contributed by atoms with van der Waals surface area (Å²) in [5.41, 5.74) is 6.82. The fourth-order valence-corrected chi connectivity index (χ4v) is 4.69. The molecule has 1 heterocycles. The first-order valence-electron chi connectivity index (χ1n) is 7.72. The van der Waals surface area contributed by atoms with Crippen LogP contribution in [0.3, 0.4) is 0 Å². The van der Waals surface area contributed by atoms with Crippen LogP contribution in [0.15, 0.2) is 23.1 Å². The minimum Gasteiger partial charge on any atom is -0.465 e. The highest BCUT2D eigenvalue weighted by Crippen LogP contribution is 2.27. The number of carbonyl (C=O) groups excluding carboxylic acids is 1. The van der Waals surface area contributed by atoms with Crippen molar-refractivity contribution in [2.75, 3.05) is 20.2 Å². The van der Waals surface area contributed by atoms with Crippen molar-refractivity contribution in [3.05, 3.63) is 29.3 Å². The third-order valence-corrected chi connectivity index (χ3v) is 6.40. The topological polar surface area (TPSA) is 89.7 Å². The lowest BCUT2D eigenvalue weighted by atomic mass is 9.93. The number of methoxy groups -OCH3 is 1. The summed E-state index contributed by atoms with van der Waals surface area (Å²) in [6.45, 7) is 4.55. The van der Waals surface area contributed by atoms with E-state index in [4.69, 9.17) is 5.73 Å². The summed E-state index contributed by atoms with van der Waals surface area (Å²) >= 11 is 0. The molecule has 0 spiro atoms. The summed E-state index contributed by atoms with van der Waals surface area (Å²) in [5.74, 6) is -0.305. The molecular formula is C16H24N2O4S. The van der Waals surface area contributed by atoms with Crippen LogP contribution in [0.2, 0.25) is 0 Å². The number of rotatable bonds is 4. The Morgan fingerprint density at radius 3 is 2.70 bits per heavy atom. The van der Waals surface area contributed by atoms with Gasteiger partial charge >= 0.3 is 5.97 Å². The number of hydrogen-bond donors (Lipinski definition) is 1. The van der Waals surface area contributed by atoms with Crippen LogP contribution in [0.25, 0.3) is 0 Å². The molecule has 0 radical (unpaired) electrons. The van der Waals surface area contributed by atoms with Gasteiger partial charge in [0.25, 0.3) is 0 Å². The van der Waals surface area contributed by atoms with Gasteiger partial charge in [-0.3, -0.25) is 0 Å². The number of hydrogen-bond acceptors (Lipinski definition) is 5. The minimum atomic E-state index is -3.58. The molecule has 1 aliphatic rings. The number of benzene rings is 1. The van der Waals surface area contributed by atoms with Gasteiger partial charge in [0.05, 0.1) is 17.6 Å². The molecule has 6 nitrogen and oxygen atoms in total. The van der Waals surface area contributed by atoms with Crippen molar-refractivity contribution in [3.8, 4) is 0 Å². The number of piperidine rings is 1. The minimum absolute atomic E-state index is 0.0317. The highest BCUT2D eigenvalue weighted by atomic mass is 32.2. The molecule has 0 aromatic heterocycles. The summed E-state index contributed by atoms with van der Waals surface area (Å²) in [6.07, 6.45) is 1.76. The molecule has 128 valence electrons. The molecule has 0 saturated carbocycles. The van der Waals surface area contributed by atoms with Crippen molar-refractivity contribution < 1.29 is 17.9 Å². The fourth-order valence-electron chi connectivity index (χ4n) is 2.94. The first kappa shape index (κ1) is 17.9. The zero-order valence-corrected chi connectivity index (χ0v) is 14.6. The van der Waals surface area contributed by atoms with Crippen molar-refractivity contribution in [2.24, 2.45) is 11.7 Å². The SMILES string of the molecule is COC(=O)c1ccc(S(=O)(=O)N2CCCC(C(C)N)C2)c(C)c1. The van der Waals surface area contributed by atoms with Crippen LogP contribution < -0.4 is 5.73 Å². The Morgan fingerprint density at radius 1 is 1.43 bits per heavy atom. The summed E-state index contributed by atoms with van der Waals surface area (Å²) in [6, 6.07) is 4.48. The Morgan fingerprint density at radius 2 is 2.13 bits per heavy atom. The molecule has 7 heteroatoms. The zero-order valence-electron chi connectivity index (χ0n) is 13.8. The molecule has 1 saturated heterocycles. The molecule has 1 aromatic rings. The van der Waals surface area contributed by atoms with Gasteiger partial charge < -0.3 is 10.5 Å². The average molecular weight is 340 g/mol. The van der Waals surface area contributed by atoms with Crippen LogP contribution in [0.5, 0.6) is 0 Å². The average Bonchev–Trinajstić information content (AvgIpc) is 2.53. The van der Waals surface area contributed by atoms with Crippen LogP contribution in [-0.4, -0.2) is 44.9 Å². The van der Waals surface area contributed by atoms with E-state index >= 15 is 0 Å². The molecule has 23 heavy (non-hydrogen) atoms. The normalized spacial score (nSPS) is 21.0. The Bertz CT molecular complexity index is 685. The van der Waals surface area contributed by atoms with E-state index in [1.54, 1.807) is 13.0 Å². The number of nitrogens with two attached hydrogens (primary N) is 1. The number of aryl methyl sites for hydroxylation is 1. The quantitative estimate of drug-likeness (QED) is 0.840. The number of nitrogens with zero attached hydrogens (tertiary/aromatic N) is 1. The van der Waals surface area contributed by atoms with E-state index in [1.165, 1.54) is 23.5 Å². The van der Waals surface area contributed by atoms with Gasteiger partial charge in [-0.05, 0) is 56.4 Å². The van der Waals surface area contributed by atoms with E-state index in [-0.39, 0.29) is 16.9 Å². The van der Waals surface area contributed by atoms with E-state index in [9.17, 15) is 13.2 Å². The van der Waals surface area contributed by atoms with Gasteiger partial charge in [0.1, 0.15) is 0 Å². The molecule has 2 N–H and O–H groups in total. The second kappa shape index (κ2) is 6.98. The predicted molar refractivity (Wildman–Crippen MR) is 87.7 cm³/mol. The van der Waals surface area contributed by atoms with Gasteiger partial charge in [-0.1, -0.05) is 0 Å². The van der Waals surface area contributed by atoms with Crippen molar-refractivity contribution >= 4 is 16.0 Å². The lowest BCUT2D eigenvalue weighted by Crippen LogP contribution is -2.45. The molecule has 1 fully saturated rings. The Kier molecular flexibility index (Phi) is 5.44. The monoisotopic (exact) mass is 340 g/mol. The van der Waals surface area contributed by atoms with Crippen molar-refractivity contribution in [3.63, 3.8) is 0 Å². The summed E-state index contributed by atoms with van der Waals surface area (Å²) < 4.78 is 32.0. The fraction of sp³-hybridized carbons (Fsp3) is 0.562. The van der Waals surface area contributed by atoms with Gasteiger partial charge in [-0.2, -0.15) is 4.31 Å². The second-order valence-electron chi connectivity index (χ2n) is 6.10. The van der Waals surface area contributed by atoms with E-state index in [0.29, 0.717) is 24.2 Å². The molecule has 2 atom stereocenters. The van der Waals surface area contributed by atoms with Gasteiger partial charge in [0.15, 0.2) is 0 Å². The number of carbonyl (C=O) groups is 1. The van der Waals surface area contributed by atoms with E-state index < -0.39 is 16.0 Å². The maximum absolute atomic E-state index is 12.9. The molecule has 0 bridgehead atoms. The van der Waals surface area contributed by atoms with Gasteiger partial charge in [-0.25, -0.2) is 13.2 Å². The third-order valence-electron chi connectivity index (χ3n) is 4.38. The third kappa shape index (κ3) is 3.73. The van der Waals surface area contributed by atoms with Crippen LogP contribution in [0.1, 0.15) is 35.7 Å². The largest absolute Gasteiger partial charge is 0.465 e. The standard InChI is InChI=1S/C16H24N2O4S/c1-11-9-13(16(19)22-3)6-7-15(11)23(20,21)18-8-4-5-14(10-18)12(2)17/h6-7,9,12,14H,4-5,8,10,17H2,1-3H3. The maximum Gasteiger partial charge on any atom is 0.337 e. The Labute approximate surface area is 137 Å². The molecule has 1 aromatic carbocycles. The molecular weight excluding hydrogens is 316 g/mol. The first-order valence-corrected chi connectivity index (χ1v) is 9.16. The lowest BCUT2D eigenvalue weighted by molar-refractivity contribution is 0.0600. The van der Waals surface area contributed by atoms with Gasteiger partial charge in [0.2, 0.25) is 10.0 Å². The van der Waals surface area contributed by atoms with Gasteiger partial charge in [-0.15, -0.1) is 0 Å². The predicted octanol–water partition coefficient (Wildman–Crippen LogP) is 1.53. The number of ether oxygens (including phenoxy) is 1. The van der Waals surface area contributed by atoms with Crippen LogP contribution >= 0.6 is 0 Å². The highest BCUT2D eigenvalue weighted by molar-refractivity contribution is 7.89. The highest BCUT2D eigenvalue weighted by Gasteiger charge is 2.32. The van der Waals surface area contributed by atoms with Crippen LogP contribution in [-0.2, 0) is 14.8 Å². The molecule has 2 unspecified atom stereocenters. The summed E-state index contributed by atoms with van der Waals surface area (Å²) in [4.78, 5) is 11.8. The maximum atomic E-state index is 12.9. The molecule has 1 aliphatic heterocycles. The van der Waals surface area contributed by atoms with Crippen molar-refractivity contribution in [2.45, 2.75) is 37.6 Å². The van der Waals surface area contributed by atoms with Crippen molar-refractivity contribution in [1.82, 2.24) is 4.31 Å². The molecule has 0 aliphatic carbocycles. The van der Waals surface area contributed by atoms with E-state index in [2.05, 4.69) is 4.74 Å². The second-order valence-corrected chi connectivity index (χ2v) is 8.00. The summed E-state index contributed by atoms with van der Waals surface area (Å²) in [7, 11) is -2.29. The van der Waals surface area contributed by atoms with Crippen molar-refractivity contribution in [1.29, 1.82) is 0 Å². The molecule has 0 amide bonds. The number of sulfonamides is 1. The van der Waals surface area contributed by atoms with E-state index in [1.807, 2.05) is 6.92 Å². The van der Waals surface area contributed by atoms with E-state index in [0.717, 1.165) is 12.8 Å². The van der Waals surface area contributed by atoms with Crippen LogP contribution in [0.4, 0.5) is 0 Å². The summed E-state index contributed by atoms with van der Waals surface area (Å²) in [5, 5.41) is 0. The Hall–Kier alpha value is -1.44. The zero-order chi connectivity index (χ0) is 17.2. The smallest absolute Gasteiger partial charge is 0.337 e. The van der Waals surface area contributed by atoms with Crippen LogP contribution in [0, 0.1) is 12.8 Å². The Balaban J connectivity index is 2.31. The lowest BCUT2D eigenvalue weighted by Gasteiger charge is -2.34. The molecule has 2 rings (SSSR count). The van der Waals surface area contributed by atoms with Gasteiger partial charge in [0, 0.05) is 19.1 Å².